The average Bonchev–Trinajstić information content (AvgIpc) is 2.97. The Hall–Kier alpha value is -1.98. The zero-order valence-corrected chi connectivity index (χ0v) is 14.8. The number of piperidine rings is 1. The Morgan fingerprint density at radius 3 is 2.85 bits per heavy atom. The molecule has 1 N–H and O–H groups in total. The van der Waals surface area contributed by atoms with Gasteiger partial charge in [0.25, 0.3) is 5.91 Å². The number of nitrogens with zero attached hydrogens (tertiary/aromatic N) is 1. The number of carbonyl (C=O) groups is 1. The van der Waals surface area contributed by atoms with E-state index in [4.69, 9.17) is 0 Å². The fourth-order valence-electron chi connectivity index (χ4n) is 4.34. The van der Waals surface area contributed by atoms with Crippen LogP contribution in [-0.2, 0) is 12.8 Å². The summed E-state index contributed by atoms with van der Waals surface area (Å²) in [6, 6.07) is 5.48. The molecule has 1 aromatic carbocycles. The van der Waals surface area contributed by atoms with Gasteiger partial charge in [-0.25, -0.2) is 0 Å². The van der Waals surface area contributed by atoms with Gasteiger partial charge in [0.2, 0.25) is 0 Å². The Balaban J connectivity index is 1.62. The van der Waals surface area contributed by atoms with Crippen LogP contribution in [0.3, 0.4) is 0 Å². The minimum Gasteiger partial charge on any atom is -0.358 e. The molecular formula is C20H23F3N2O. The van der Waals surface area contributed by atoms with Crippen LogP contribution >= 0.6 is 0 Å². The van der Waals surface area contributed by atoms with Crippen molar-refractivity contribution in [3.63, 3.8) is 0 Å². The van der Waals surface area contributed by atoms with Gasteiger partial charge in [-0.05, 0) is 61.8 Å². The summed E-state index contributed by atoms with van der Waals surface area (Å²) >= 11 is 0. The molecule has 1 fully saturated rings. The maximum Gasteiger partial charge on any atom is 0.393 e. The third-order valence-electron chi connectivity index (χ3n) is 5.85. The van der Waals surface area contributed by atoms with E-state index in [0.29, 0.717) is 24.4 Å². The topological polar surface area (TPSA) is 36.1 Å². The van der Waals surface area contributed by atoms with Crippen molar-refractivity contribution in [2.75, 3.05) is 13.1 Å². The van der Waals surface area contributed by atoms with E-state index in [1.807, 2.05) is 12.1 Å². The van der Waals surface area contributed by atoms with Crippen molar-refractivity contribution in [1.82, 2.24) is 9.88 Å². The molecule has 4 rings (SSSR count). The molecule has 6 heteroatoms. The smallest absolute Gasteiger partial charge is 0.358 e. The van der Waals surface area contributed by atoms with Gasteiger partial charge in [0, 0.05) is 35.2 Å². The van der Waals surface area contributed by atoms with E-state index in [1.54, 1.807) is 6.07 Å². The number of alkyl halides is 3. The molecule has 1 aliphatic carbocycles. The second-order valence-electron chi connectivity index (χ2n) is 7.82. The molecule has 0 radical (unpaired) electrons. The molecule has 0 bridgehead atoms. The largest absolute Gasteiger partial charge is 0.393 e. The lowest BCUT2D eigenvalue weighted by Crippen LogP contribution is -2.44. The van der Waals surface area contributed by atoms with Crippen molar-refractivity contribution in [1.29, 1.82) is 0 Å². The number of nitrogens with one attached hydrogen (secondary N) is 1. The molecule has 2 aromatic rings. The van der Waals surface area contributed by atoms with Crippen LogP contribution in [0.1, 0.15) is 47.8 Å². The Kier molecular flexibility index (Phi) is 4.24. The zero-order chi connectivity index (χ0) is 18.5. The minimum absolute atomic E-state index is 0.107. The molecule has 0 saturated carbocycles. The molecule has 2 atom stereocenters. The summed E-state index contributed by atoms with van der Waals surface area (Å²) in [5, 5.41) is 1.04. The van der Waals surface area contributed by atoms with Crippen molar-refractivity contribution in [3.8, 4) is 0 Å². The quantitative estimate of drug-likeness (QED) is 0.782. The number of benzene rings is 1. The van der Waals surface area contributed by atoms with Crippen LogP contribution in [0.2, 0.25) is 0 Å². The average molecular weight is 364 g/mol. The Morgan fingerprint density at radius 1 is 1.27 bits per heavy atom. The highest BCUT2D eigenvalue weighted by molar-refractivity contribution is 5.99. The molecule has 0 unspecified atom stereocenters. The number of hydrogen-bond acceptors (Lipinski definition) is 1. The Morgan fingerprint density at radius 2 is 2.08 bits per heavy atom. The first-order valence-corrected chi connectivity index (χ1v) is 9.32. The molecule has 2 aliphatic rings. The van der Waals surface area contributed by atoms with Gasteiger partial charge in [-0.3, -0.25) is 4.79 Å². The van der Waals surface area contributed by atoms with E-state index < -0.39 is 12.1 Å². The summed E-state index contributed by atoms with van der Waals surface area (Å²) in [5.41, 5.74) is 3.99. The predicted molar refractivity (Wildman–Crippen MR) is 94.2 cm³/mol. The number of rotatable bonds is 1. The molecule has 0 spiro atoms. The second kappa shape index (κ2) is 6.32. The fourth-order valence-corrected chi connectivity index (χ4v) is 4.34. The maximum absolute atomic E-state index is 13.0. The summed E-state index contributed by atoms with van der Waals surface area (Å²) in [7, 11) is 0. The summed E-state index contributed by atoms with van der Waals surface area (Å²) < 4.78 is 39.1. The molecule has 2 heterocycles. The highest BCUT2D eigenvalue weighted by Gasteiger charge is 2.42. The Bertz CT molecular complexity index is 839. The first-order chi connectivity index (χ1) is 12.3. The molecule has 3 nitrogen and oxygen atoms in total. The van der Waals surface area contributed by atoms with E-state index in [-0.39, 0.29) is 18.9 Å². The number of fused-ring (bicyclic) bond motifs is 3. The number of aromatic amines is 1. The van der Waals surface area contributed by atoms with Gasteiger partial charge in [0.15, 0.2) is 0 Å². The lowest BCUT2D eigenvalue weighted by molar-refractivity contribution is -0.184. The van der Waals surface area contributed by atoms with E-state index in [2.05, 4.69) is 11.9 Å². The molecule has 140 valence electrons. The summed E-state index contributed by atoms with van der Waals surface area (Å²) in [4.78, 5) is 17.6. The standard InChI is InChI=1S/C20H23F3N2O/c1-12-4-6-17-15(9-12)16-10-13(5-7-18(16)24-17)19(26)25-8-2-3-14(11-25)20(21,22)23/h5,7,10,12,14,24H,2-4,6,8-9,11H2,1H3/t12-,14+/m0/s1. The fraction of sp³-hybridized carbons (Fsp3) is 0.550. The predicted octanol–water partition coefficient (Wildman–Crippen LogP) is 4.71. The molecular weight excluding hydrogens is 341 g/mol. The van der Waals surface area contributed by atoms with Crippen LogP contribution in [0.15, 0.2) is 18.2 Å². The number of H-pyrrole nitrogens is 1. The second-order valence-corrected chi connectivity index (χ2v) is 7.82. The van der Waals surface area contributed by atoms with Crippen LogP contribution in [0.4, 0.5) is 13.2 Å². The number of hydrogen-bond donors (Lipinski definition) is 1. The molecule has 1 amide bonds. The van der Waals surface area contributed by atoms with Crippen LogP contribution in [-0.4, -0.2) is 35.1 Å². The van der Waals surface area contributed by atoms with Gasteiger partial charge in [0.1, 0.15) is 0 Å². The van der Waals surface area contributed by atoms with Gasteiger partial charge < -0.3 is 9.88 Å². The Labute approximate surface area is 150 Å². The van der Waals surface area contributed by atoms with E-state index in [1.165, 1.54) is 16.2 Å². The van der Waals surface area contributed by atoms with Gasteiger partial charge >= 0.3 is 6.18 Å². The number of halogens is 3. The van der Waals surface area contributed by atoms with Crippen LogP contribution in [0, 0.1) is 11.8 Å². The van der Waals surface area contributed by atoms with Crippen molar-refractivity contribution in [2.45, 2.75) is 45.2 Å². The molecule has 1 saturated heterocycles. The molecule has 26 heavy (non-hydrogen) atoms. The van der Waals surface area contributed by atoms with Crippen molar-refractivity contribution in [3.05, 3.63) is 35.0 Å². The van der Waals surface area contributed by atoms with Gasteiger partial charge in [-0.2, -0.15) is 13.2 Å². The van der Waals surface area contributed by atoms with Crippen molar-refractivity contribution >= 4 is 16.8 Å². The highest BCUT2D eigenvalue weighted by atomic mass is 19.4. The van der Waals surface area contributed by atoms with E-state index >= 15 is 0 Å². The number of aromatic nitrogens is 1. The van der Waals surface area contributed by atoms with Crippen molar-refractivity contribution in [2.24, 2.45) is 11.8 Å². The van der Waals surface area contributed by atoms with Crippen LogP contribution < -0.4 is 0 Å². The number of amides is 1. The lowest BCUT2D eigenvalue weighted by Gasteiger charge is -2.33. The minimum atomic E-state index is -4.24. The maximum atomic E-state index is 13.0. The SMILES string of the molecule is C[C@H]1CCc2[nH]c3ccc(C(=O)N4CCC[C@@H](C(F)(F)F)C4)cc3c2C1. The van der Waals surface area contributed by atoms with Crippen molar-refractivity contribution < 1.29 is 18.0 Å². The molecule has 1 aliphatic heterocycles. The van der Waals surface area contributed by atoms with Gasteiger partial charge in [-0.1, -0.05) is 6.92 Å². The van der Waals surface area contributed by atoms with Gasteiger partial charge in [0.05, 0.1) is 5.92 Å². The molecule has 1 aromatic heterocycles. The van der Waals surface area contributed by atoms with Crippen LogP contribution in [0.25, 0.3) is 10.9 Å². The first kappa shape index (κ1) is 17.4. The monoisotopic (exact) mass is 364 g/mol. The van der Waals surface area contributed by atoms with E-state index in [0.717, 1.165) is 30.2 Å². The first-order valence-electron chi connectivity index (χ1n) is 9.32. The third-order valence-corrected chi connectivity index (χ3v) is 5.85. The number of aryl methyl sites for hydroxylation is 1. The van der Waals surface area contributed by atoms with Gasteiger partial charge in [-0.15, -0.1) is 0 Å². The third kappa shape index (κ3) is 3.10. The normalized spacial score (nSPS) is 23.9. The zero-order valence-electron chi connectivity index (χ0n) is 14.8. The lowest BCUT2D eigenvalue weighted by atomic mass is 9.87. The number of likely N-dealkylation sites (tertiary alicyclic amines) is 1. The summed E-state index contributed by atoms with van der Waals surface area (Å²) in [6.45, 7) is 2.39. The summed E-state index contributed by atoms with van der Waals surface area (Å²) in [6.07, 6.45) is -0.595. The van der Waals surface area contributed by atoms with E-state index in [9.17, 15) is 18.0 Å². The number of carbonyl (C=O) groups excluding carboxylic acids is 1. The highest BCUT2D eigenvalue weighted by Crippen LogP contribution is 2.35. The summed E-state index contributed by atoms with van der Waals surface area (Å²) in [5.74, 6) is -1.10. The van der Waals surface area contributed by atoms with Crippen LogP contribution in [0.5, 0.6) is 0 Å².